The number of carbonyl (C=O) groups excluding carboxylic acids is 1. The first-order chi connectivity index (χ1) is 14.6. The van der Waals surface area contributed by atoms with Crippen LogP contribution in [0.1, 0.15) is 56.0 Å². The number of hydrogen-bond acceptors (Lipinski definition) is 2. The molecule has 1 aliphatic carbocycles. The predicted octanol–water partition coefficient (Wildman–Crippen LogP) is 6.39. The Morgan fingerprint density at radius 1 is 1.06 bits per heavy atom. The molecule has 2 heterocycles. The SMILES string of the molecule is Cc1ccc2nc(-c3ccc(F)cc3)cc(C(=O)N3CC4(C)CC3CC(C)(C)C4)c2c1. The van der Waals surface area contributed by atoms with Gasteiger partial charge in [-0.3, -0.25) is 4.79 Å². The molecule has 4 heteroatoms. The van der Waals surface area contributed by atoms with Gasteiger partial charge in [0.15, 0.2) is 0 Å². The summed E-state index contributed by atoms with van der Waals surface area (Å²) in [5.74, 6) is -0.190. The first-order valence-electron chi connectivity index (χ1n) is 11.1. The lowest BCUT2D eigenvalue weighted by Crippen LogP contribution is -2.37. The van der Waals surface area contributed by atoms with Gasteiger partial charge in [0.25, 0.3) is 5.91 Å². The van der Waals surface area contributed by atoms with Crippen LogP contribution >= 0.6 is 0 Å². The molecule has 3 nitrogen and oxygen atoms in total. The number of carbonyl (C=O) groups is 1. The molecule has 0 radical (unpaired) electrons. The van der Waals surface area contributed by atoms with Crippen LogP contribution in [0.15, 0.2) is 48.5 Å². The van der Waals surface area contributed by atoms with E-state index in [0.29, 0.717) is 11.3 Å². The number of fused-ring (bicyclic) bond motifs is 3. The molecule has 1 amide bonds. The van der Waals surface area contributed by atoms with Crippen molar-refractivity contribution in [1.29, 1.82) is 0 Å². The highest BCUT2D eigenvalue weighted by Gasteiger charge is 2.51. The van der Waals surface area contributed by atoms with Crippen LogP contribution in [0.2, 0.25) is 0 Å². The molecule has 0 spiro atoms. The van der Waals surface area contributed by atoms with Gasteiger partial charge in [0.2, 0.25) is 0 Å². The number of hydrogen-bond donors (Lipinski definition) is 0. The summed E-state index contributed by atoms with van der Waals surface area (Å²) in [5.41, 5.74) is 4.54. The van der Waals surface area contributed by atoms with Crippen molar-refractivity contribution in [2.75, 3.05) is 6.54 Å². The van der Waals surface area contributed by atoms with E-state index in [-0.39, 0.29) is 28.6 Å². The Bertz CT molecular complexity index is 1180. The molecule has 0 N–H and O–H groups in total. The van der Waals surface area contributed by atoms with Gasteiger partial charge in [0, 0.05) is 23.5 Å². The van der Waals surface area contributed by atoms with Crippen LogP contribution in [0.3, 0.4) is 0 Å². The smallest absolute Gasteiger partial charge is 0.254 e. The van der Waals surface area contributed by atoms with E-state index in [4.69, 9.17) is 4.98 Å². The summed E-state index contributed by atoms with van der Waals surface area (Å²) in [5, 5.41) is 0.890. The van der Waals surface area contributed by atoms with E-state index < -0.39 is 0 Å². The Balaban J connectivity index is 1.62. The van der Waals surface area contributed by atoms with E-state index in [2.05, 4.69) is 31.7 Å². The molecule has 31 heavy (non-hydrogen) atoms. The molecular formula is C27H29FN2O. The Labute approximate surface area is 183 Å². The van der Waals surface area contributed by atoms with Crippen molar-refractivity contribution in [2.45, 2.75) is 53.0 Å². The largest absolute Gasteiger partial charge is 0.335 e. The van der Waals surface area contributed by atoms with Crippen LogP contribution in [-0.2, 0) is 0 Å². The Hall–Kier alpha value is -2.75. The fraction of sp³-hybridized carbons (Fsp3) is 0.407. The van der Waals surface area contributed by atoms with Gasteiger partial charge in [-0.05, 0) is 79.5 Å². The third-order valence-corrected chi connectivity index (χ3v) is 7.01. The van der Waals surface area contributed by atoms with Gasteiger partial charge in [0.1, 0.15) is 5.82 Å². The quantitative estimate of drug-likeness (QED) is 0.485. The minimum absolute atomic E-state index is 0.0905. The normalized spacial score (nSPS) is 24.5. The fourth-order valence-electron chi connectivity index (χ4n) is 6.14. The first-order valence-corrected chi connectivity index (χ1v) is 11.1. The molecule has 2 aromatic carbocycles. The minimum Gasteiger partial charge on any atom is -0.335 e. The van der Waals surface area contributed by atoms with Crippen LogP contribution in [0.25, 0.3) is 22.2 Å². The number of aromatic nitrogens is 1. The lowest BCUT2D eigenvalue weighted by molar-refractivity contribution is 0.0710. The summed E-state index contributed by atoms with van der Waals surface area (Å²) in [6.45, 7) is 9.81. The standard InChI is InChI=1S/C27H29FN2O/c1-17-5-10-23-21(11-17)22(12-24(29-23)18-6-8-19(28)9-7-18)25(31)30-16-27(4)14-20(30)13-26(2,3)15-27/h5-12,20H,13-16H2,1-4H3. The molecule has 1 saturated heterocycles. The number of likely N-dealkylation sites (tertiary alicyclic amines) is 1. The molecule has 3 aromatic rings. The summed E-state index contributed by atoms with van der Waals surface area (Å²) in [6.07, 6.45) is 3.27. The van der Waals surface area contributed by atoms with E-state index in [1.165, 1.54) is 12.1 Å². The maximum Gasteiger partial charge on any atom is 0.254 e. The third-order valence-electron chi connectivity index (χ3n) is 7.01. The van der Waals surface area contributed by atoms with Crippen molar-refractivity contribution in [3.8, 4) is 11.3 Å². The molecule has 160 valence electrons. The number of aryl methyl sites for hydroxylation is 1. The zero-order chi connectivity index (χ0) is 22.0. The second kappa shape index (κ2) is 6.88. The highest BCUT2D eigenvalue weighted by atomic mass is 19.1. The molecule has 1 aliphatic heterocycles. The van der Waals surface area contributed by atoms with Gasteiger partial charge in [-0.2, -0.15) is 0 Å². The second-order valence-electron chi connectivity index (χ2n) is 10.7. The maximum atomic E-state index is 13.9. The summed E-state index contributed by atoms with van der Waals surface area (Å²) >= 11 is 0. The average molecular weight is 417 g/mol. The molecule has 1 aromatic heterocycles. The van der Waals surface area contributed by atoms with Crippen molar-refractivity contribution < 1.29 is 9.18 Å². The minimum atomic E-state index is -0.281. The van der Waals surface area contributed by atoms with Crippen LogP contribution in [0.4, 0.5) is 4.39 Å². The molecule has 2 aliphatic rings. The maximum absolute atomic E-state index is 13.9. The Morgan fingerprint density at radius 3 is 2.55 bits per heavy atom. The lowest BCUT2D eigenvalue weighted by atomic mass is 9.65. The van der Waals surface area contributed by atoms with Crippen LogP contribution in [-0.4, -0.2) is 28.4 Å². The molecule has 2 atom stereocenters. The fourth-order valence-corrected chi connectivity index (χ4v) is 6.14. The van der Waals surface area contributed by atoms with Gasteiger partial charge in [-0.1, -0.05) is 32.4 Å². The van der Waals surface area contributed by atoms with Gasteiger partial charge in [0.05, 0.1) is 16.8 Å². The van der Waals surface area contributed by atoms with Crippen LogP contribution in [0.5, 0.6) is 0 Å². The number of pyridine rings is 1. The van der Waals surface area contributed by atoms with E-state index >= 15 is 0 Å². The van der Waals surface area contributed by atoms with E-state index in [1.54, 1.807) is 12.1 Å². The highest BCUT2D eigenvalue weighted by molar-refractivity contribution is 6.07. The molecule has 2 bridgehead atoms. The van der Waals surface area contributed by atoms with Gasteiger partial charge < -0.3 is 4.90 Å². The average Bonchev–Trinajstić information content (AvgIpc) is 2.96. The van der Waals surface area contributed by atoms with Crippen molar-refractivity contribution in [3.05, 3.63) is 65.5 Å². The number of benzene rings is 2. The van der Waals surface area contributed by atoms with Crippen LogP contribution < -0.4 is 0 Å². The summed E-state index contributed by atoms with van der Waals surface area (Å²) < 4.78 is 13.5. The number of halogens is 1. The van der Waals surface area contributed by atoms with Crippen molar-refractivity contribution in [1.82, 2.24) is 9.88 Å². The zero-order valence-corrected chi connectivity index (χ0v) is 18.7. The van der Waals surface area contributed by atoms with Crippen molar-refractivity contribution in [3.63, 3.8) is 0 Å². The topological polar surface area (TPSA) is 33.2 Å². The monoisotopic (exact) mass is 416 g/mol. The highest BCUT2D eigenvalue weighted by Crippen LogP contribution is 2.52. The van der Waals surface area contributed by atoms with E-state index in [0.717, 1.165) is 47.8 Å². The first kappa shape index (κ1) is 20.2. The van der Waals surface area contributed by atoms with Gasteiger partial charge >= 0.3 is 0 Å². The Morgan fingerprint density at radius 2 is 1.81 bits per heavy atom. The number of rotatable bonds is 2. The lowest BCUT2D eigenvalue weighted by Gasteiger charge is -2.39. The van der Waals surface area contributed by atoms with E-state index in [9.17, 15) is 9.18 Å². The summed E-state index contributed by atoms with van der Waals surface area (Å²) in [4.78, 5) is 20.9. The Kier molecular flexibility index (Phi) is 4.47. The van der Waals surface area contributed by atoms with Gasteiger partial charge in [-0.15, -0.1) is 0 Å². The van der Waals surface area contributed by atoms with Gasteiger partial charge in [-0.25, -0.2) is 9.37 Å². The summed E-state index contributed by atoms with van der Waals surface area (Å²) in [7, 11) is 0. The second-order valence-corrected chi connectivity index (χ2v) is 10.7. The molecule has 5 rings (SSSR count). The van der Waals surface area contributed by atoms with E-state index in [1.807, 2.05) is 25.1 Å². The summed E-state index contributed by atoms with van der Waals surface area (Å²) in [6, 6.07) is 14.5. The third kappa shape index (κ3) is 3.62. The molecule has 1 saturated carbocycles. The molecule has 2 unspecified atom stereocenters. The van der Waals surface area contributed by atoms with Crippen molar-refractivity contribution >= 4 is 16.8 Å². The van der Waals surface area contributed by atoms with Crippen LogP contribution in [0, 0.1) is 23.6 Å². The van der Waals surface area contributed by atoms with Crippen molar-refractivity contribution in [2.24, 2.45) is 10.8 Å². The predicted molar refractivity (Wildman–Crippen MR) is 122 cm³/mol. The number of amides is 1. The zero-order valence-electron chi connectivity index (χ0n) is 18.7. The molecular weight excluding hydrogens is 387 g/mol. The number of nitrogens with zero attached hydrogens (tertiary/aromatic N) is 2. The molecule has 2 fully saturated rings.